The van der Waals surface area contributed by atoms with Crippen molar-refractivity contribution < 1.29 is 4.92 Å². The monoisotopic (exact) mass is 255 g/mol. The summed E-state index contributed by atoms with van der Waals surface area (Å²) in [6, 6.07) is 3.55. The zero-order chi connectivity index (χ0) is 12.8. The van der Waals surface area contributed by atoms with E-state index < -0.39 is 4.92 Å². The van der Waals surface area contributed by atoms with Crippen molar-refractivity contribution in [3.05, 3.63) is 28.4 Å². The van der Waals surface area contributed by atoms with Crippen molar-refractivity contribution in [3.8, 4) is 0 Å². The predicted molar refractivity (Wildman–Crippen MR) is 71.8 cm³/mol. The van der Waals surface area contributed by atoms with Crippen molar-refractivity contribution in [1.29, 1.82) is 0 Å². The second-order valence-electron chi connectivity index (χ2n) is 3.75. The number of aromatic nitrogens is 1. The van der Waals surface area contributed by atoms with Crippen LogP contribution in [-0.4, -0.2) is 34.5 Å². The molecule has 1 aromatic heterocycles. The van der Waals surface area contributed by atoms with Gasteiger partial charge < -0.3 is 15.0 Å². The van der Waals surface area contributed by atoms with E-state index in [9.17, 15) is 10.1 Å². The molecule has 0 radical (unpaired) electrons. The third kappa shape index (κ3) is 3.89. The van der Waals surface area contributed by atoms with Gasteiger partial charge in [0.05, 0.1) is 5.69 Å². The lowest BCUT2D eigenvalue weighted by molar-refractivity contribution is -0.389. The standard InChI is InChI=1S/C11H17N3O2S/c1-4-17-8-9(2)13(3)10-5-6-11(12-7-10)14(15)16/h5-7,9H,4,8H2,1-3H3. The second-order valence-corrected chi connectivity index (χ2v) is 5.07. The topological polar surface area (TPSA) is 59.3 Å². The molecule has 0 aliphatic heterocycles. The van der Waals surface area contributed by atoms with Crippen molar-refractivity contribution >= 4 is 23.3 Å². The smallest absolute Gasteiger partial charge is 0.363 e. The molecule has 0 saturated carbocycles. The molecule has 0 aliphatic rings. The SMILES string of the molecule is CCSCC(C)N(C)c1ccc([N+](=O)[O-])nc1. The Labute approximate surface area is 105 Å². The maximum atomic E-state index is 10.5. The molecule has 94 valence electrons. The molecule has 1 atom stereocenters. The van der Waals surface area contributed by atoms with Crippen LogP contribution in [0.4, 0.5) is 11.5 Å². The van der Waals surface area contributed by atoms with E-state index in [0.717, 1.165) is 17.2 Å². The third-order valence-electron chi connectivity index (χ3n) is 2.55. The lowest BCUT2D eigenvalue weighted by atomic mass is 10.3. The normalized spacial score (nSPS) is 12.2. The fraction of sp³-hybridized carbons (Fsp3) is 0.545. The maximum absolute atomic E-state index is 10.5. The number of rotatable bonds is 6. The number of pyridine rings is 1. The molecular weight excluding hydrogens is 238 g/mol. The van der Waals surface area contributed by atoms with Crippen LogP contribution in [-0.2, 0) is 0 Å². The summed E-state index contributed by atoms with van der Waals surface area (Å²) in [6.45, 7) is 4.26. The number of nitro groups is 1. The van der Waals surface area contributed by atoms with Gasteiger partial charge in [-0.15, -0.1) is 0 Å². The summed E-state index contributed by atoms with van der Waals surface area (Å²) in [5.74, 6) is 2.01. The summed E-state index contributed by atoms with van der Waals surface area (Å²) >= 11 is 1.88. The number of hydrogen-bond acceptors (Lipinski definition) is 5. The van der Waals surface area contributed by atoms with Crippen molar-refractivity contribution in [3.63, 3.8) is 0 Å². The highest BCUT2D eigenvalue weighted by Gasteiger charge is 2.13. The third-order valence-corrected chi connectivity index (χ3v) is 3.68. The van der Waals surface area contributed by atoms with E-state index in [4.69, 9.17) is 0 Å². The Morgan fingerprint density at radius 3 is 2.76 bits per heavy atom. The molecule has 1 heterocycles. The van der Waals surface area contributed by atoms with Gasteiger partial charge >= 0.3 is 5.82 Å². The van der Waals surface area contributed by atoms with Gasteiger partial charge in [0.15, 0.2) is 6.20 Å². The molecule has 0 bridgehead atoms. The lowest BCUT2D eigenvalue weighted by Crippen LogP contribution is -2.31. The Bertz CT molecular complexity index is 369. The first-order valence-electron chi connectivity index (χ1n) is 5.47. The first-order chi connectivity index (χ1) is 8.06. The minimum Gasteiger partial charge on any atom is -0.368 e. The van der Waals surface area contributed by atoms with Gasteiger partial charge in [-0.05, 0) is 28.7 Å². The Kier molecular flexibility index (Phi) is 5.21. The van der Waals surface area contributed by atoms with Crippen LogP contribution in [0, 0.1) is 10.1 Å². The molecule has 1 rings (SSSR count). The van der Waals surface area contributed by atoms with Gasteiger partial charge in [-0.2, -0.15) is 11.8 Å². The van der Waals surface area contributed by atoms with Crippen LogP contribution in [0.15, 0.2) is 18.3 Å². The molecule has 1 aromatic rings. The van der Waals surface area contributed by atoms with Gasteiger partial charge in [-0.25, -0.2) is 0 Å². The summed E-state index contributed by atoms with van der Waals surface area (Å²) in [6.07, 6.45) is 1.55. The van der Waals surface area contributed by atoms with Crippen molar-refractivity contribution in [2.75, 3.05) is 23.5 Å². The molecule has 0 aliphatic carbocycles. The van der Waals surface area contributed by atoms with Gasteiger partial charge in [-0.1, -0.05) is 6.92 Å². The Balaban J connectivity index is 2.68. The van der Waals surface area contributed by atoms with Gasteiger partial charge in [0.25, 0.3) is 0 Å². The Morgan fingerprint density at radius 1 is 1.59 bits per heavy atom. The largest absolute Gasteiger partial charge is 0.368 e. The van der Waals surface area contributed by atoms with E-state index in [-0.39, 0.29) is 5.82 Å². The average molecular weight is 255 g/mol. The van der Waals surface area contributed by atoms with Crippen LogP contribution in [0.5, 0.6) is 0 Å². The van der Waals surface area contributed by atoms with Crippen LogP contribution in [0.3, 0.4) is 0 Å². The van der Waals surface area contributed by atoms with Crippen LogP contribution >= 0.6 is 11.8 Å². The minimum atomic E-state index is -0.486. The quantitative estimate of drug-likeness (QED) is 0.577. The van der Waals surface area contributed by atoms with Crippen molar-refractivity contribution in [2.45, 2.75) is 19.9 Å². The average Bonchev–Trinajstić information content (AvgIpc) is 2.35. The summed E-state index contributed by atoms with van der Waals surface area (Å²) in [7, 11) is 1.98. The molecular formula is C11H17N3O2S. The second kappa shape index (κ2) is 6.44. The van der Waals surface area contributed by atoms with E-state index in [0.29, 0.717) is 6.04 Å². The molecule has 5 nitrogen and oxygen atoms in total. The summed E-state index contributed by atoms with van der Waals surface area (Å²) in [5.41, 5.74) is 0.903. The summed E-state index contributed by atoms with van der Waals surface area (Å²) in [5, 5.41) is 10.5. The van der Waals surface area contributed by atoms with Gasteiger partial charge in [0, 0.05) is 24.9 Å². The summed E-state index contributed by atoms with van der Waals surface area (Å²) < 4.78 is 0. The number of nitrogens with zero attached hydrogens (tertiary/aromatic N) is 3. The fourth-order valence-corrected chi connectivity index (χ4v) is 2.15. The molecule has 1 unspecified atom stereocenters. The van der Waals surface area contributed by atoms with Gasteiger partial charge in [-0.3, -0.25) is 0 Å². The van der Waals surface area contributed by atoms with E-state index in [1.807, 2.05) is 18.8 Å². The van der Waals surface area contributed by atoms with Crippen LogP contribution in [0.25, 0.3) is 0 Å². The predicted octanol–water partition coefficient (Wildman–Crippen LogP) is 2.57. The highest BCUT2D eigenvalue weighted by Crippen LogP contribution is 2.18. The summed E-state index contributed by atoms with van der Waals surface area (Å²) in [4.78, 5) is 15.9. The van der Waals surface area contributed by atoms with Gasteiger partial charge in [0.2, 0.25) is 0 Å². The molecule has 0 amide bonds. The molecule has 0 aromatic carbocycles. The van der Waals surface area contributed by atoms with E-state index >= 15 is 0 Å². The number of anilines is 1. The van der Waals surface area contributed by atoms with Crippen LogP contribution in [0.2, 0.25) is 0 Å². The van der Waals surface area contributed by atoms with E-state index in [2.05, 4.69) is 23.7 Å². The molecule has 0 fully saturated rings. The molecule has 0 N–H and O–H groups in total. The minimum absolute atomic E-state index is 0.113. The molecule has 0 spiro atoms. The fourth-order valence-electron chi connectivity index (χ4n) is 1.35. The molecule has 6 heteroatoms. The maximum Gasteiger partial charge on any atom is 0.363 e. The molecule has 17 heavy (non-hydrogen) atoms. The van der Waals surface area contributed by atoms with Crippen LogP contribution < -0.4 is 4.90 Å². The number of thioether (sulfide) groups is 1. The lowest BCUT2D eigenvalue weighted by Gasteiger charge is -2.25. The Morgan fingerprint density at radius 2 is 2.29 bits per heavy atom. The molecule has 0 saturated heterocycles. The highest BCUT2D eigenvalue weighted by molar-refractivity contribution is 7.99. The van der Waals surface area contributed by atoms with Crippen molar-refractivity contribution in [1.82, 2.24) is 4.98 Å². The van der Waals surface area contributed by atoms with E-state index in [1.165, 1.54) is 6.07 Å². The van der Waals surface area contributed by atoms with Crippen LogP contribution in [0.1, 0.15) is 13.8 Å². The Hall–Kier alpha value is -1.30. The number of hydrogen-bond donors (Lipinski definition) is 0. The van der Waals surface area contributed by atoms with Crippen molar-refractivity contribution in [2.24, 2.45) is 0 Å². The van der Waals surface area contributed by atoms with Gasteiger partial charge in [0.1, 0.15) is 0 Å². The first-order valence-corrected chi connectivity index (χ1v) is 6.62. The zero-order valence-electron chi connectivity index (χ0n) is 10.3. The van der Waals surface area contributed by atoms with E-state index in [1.54, 1.807) is 12.3 Å². The first kappa shape index (κ1) is 13.8. The highest BCUT2D eigenvalue weighted by atomic mass is 32.2. The zero-order valence-corrected chi connectivity index (χ0v) is 11.1.